The van der Waals surface area contributed by atoms with Gasteiger partial charge in [0.05, 0.1) is 13.1 Å². The molecule has 0 unspecified atom stereocenters. The van der Waals surface area contributed by atoms with Crippen LogP contribution in [0.3, 0.4) is 0 Å². The first-order chi connectivity index (χ1) is 13.2. The minimum atomic E-state index is 0. The molecule has 8 nitrogen and oxygen atoms in total. The number of hydrogen-bond donors (Lipinski definition) is 2. The van der Waals surface area contributed by atoms with Crippen molar-refractivity contribution in [1.29, 1.82) is 0 Å². The van der Waals surface area contributed by atoms with Crippen molar-refractivity contribution in [2.45, 2.75) is 20.0 Å². The Hall–Kier alpha value is -2.69. The monoisotopic (exact) mass is 493 g/mol. The zero-order chi connectivity index (χ0) is 19.1. The van der Waals surface area contributed by atoms with Gasteiger partial charge in [0.25, 0.3) is 0 Å². The Morgan fingerprint density at radius 2 is 2.04 bits per heavy atom. The van der Waals surface area contributed by atoms with Crippen LogP contribution < -0.4 is 10.6 Å². The summed E-state index contributed by atoms with van der Waals surface area (Å²) in [7, 11) is 1.93. The number of nitrogens with one attached hydrogen (secondary N) is 2. The van der Waals surface area contributed by atoms with Gasteiger partial charge in [0.15, 0.2) is 11.8 Å². The number of halogens is 1. The minimum Gasteiger partial charge on any atom is -0.444 e. The number of hydrogen-bond acceptors (Lipinski definition) is 5. The second-order valence-electron chi connectivity index (χ2n) is 5.92. The highest BCUT2D eigenvalue weighted by atomic mass is 127. The lowest BCUT2D eigenvalue weighted by Crippen LogP contribution is -2.37. The summed E-state index contributed by atoms with van der Waals surface area (Å²) in [6, 6.07) is 9.78. The molecule has 148 valence electrons. The van der Waals surface area contributed by atoms with E-state index in [0.717, 1.165) is 22.9 Å². The molecular formula is C19H24IN7O. The van der Waals surface area contributed by atoms with E-state index in [2.05, 4.69) is 37.4 Å². The summed E-state index contributed by atoms with van der Waals surface area (Å²) in [4.78, 5) is 9.05. The van der Waals surface area contributed by atoms with Crippen LogP contribution in [0.15, 0.2) is 58.7 Å². The van der Waals surface area contributed by atoms with E-state index in [1.54, 1.807) is 12.3 Å². The summed E-state index contributed by atoms with van der Waals surface area (Å²) in [6.45, 7) is 7.13. The standard InChI is InChI=1S/C19H23N7O.HI/c1-4-10-20-19(22-12-17-25-24-14(2)26(17)3)21-11-16-13-27-18(23-16)15-8-6-5-7-9-15;/h4-9,13H,1,10-12H2,2-3H3,(H2,20,21,22);1H. The van der Waals surface area contributed by atoms with E-state index >= 15 is 0 Å². The Morgan fingerprint density at radius 1 is 1.25 bits per heavy atom. The molecule has 0 amide bonds. The van der Waals surface area contributed by atoms with Crippen molar-refractivity contribution in [3.05, 3.63) is 66.6 Å². The molecule has 2 N–H and O–H groups in total. The summed E-state index contributed by atoms with van der Waals surface area (Å²) < 4.78 is 7.49. The zero-order valence-corrected chi connectivity index (χ0v) is 18.3. The van der Waals surface area contributed by atoms with Gasteiger partial charge in [0.2, 0.25) is 5.89 Å². The molecule has 1 aromatic carbocycles. The first kappa shape index (κ1) is 21.6. The summed E-state index contributed by atoms with van der Waals surface area (Å²) in [5.41, 5.74) is 1.69. The average molecular weight is 493 g/mol. The number of aromatic nitrogens is 4. The molecule has 0 aliphatic carbocycles. The van der Waals surface area contributed by atoms with Crippen LogP contribution >= 0.6 is 24.0 Å². The number of oxazole rings is 1. The Kier molecular flexibility index (Phi) is 8.18. The van der Waals surface area contributed by atoms with E-state index in [-0.39, 0.29) is 24.0 Å². The van der Waals surface area contributed by atoms with Crippen molar-refractivity contribution in [1.82, 2.24) is 30.4 Å². The van der Waals surface area contributed by atoms with Gasteiger partial charge in [-0.25, -0.2) is 9.98 Å². The van der Waals surface area contributed by atoms with Crippen LogP contribution in [0.25, 0.3) is 11.5 Å². The highest BCUT2D eigenvalue weighted by Crippen LogP contribution is 2.18. The van der Waals surface area contributed by atoms with Crippen molar-refractivity contribution in [3.8, 4) is 11.5 Å². The van der Waals surface area contributed by atoms with Gasteiger partial charge in [-0.2, -0.15) is 0 Å². The molecule has 0 spiro atoms. The smallest absolute Gasteiger partial charge is 0.226 e. The zero-order valence-electron chi connectivity index (χ0n) is 15.9. The predicted molar refractivity (Wildman–Crippen MR) is 119 cm³/mol. The second-order valence-corrected chi connectivity index (χ2v) is 5.92. The van der Waals surface area contributed by atoms with Crippen LogP contribution in [0.1, 0.15) is 17.3 Å². The van der Waals surface area contributed by atoms with Gasteiger partial charge in [-0.15, -0.1) is 40.8 Å². The van der Waals surface area contributed by atoms with Gasteiger partial charge in [-0.1, -0.05) is 24.3 Å². The van der Waals surface area contributed by atoms with E-state index in [1.807, 2.05) is 48.9 Å². The van der Waals surface area contributed by atoms with Crippen molar-refractivity contribution in [2.75, 3.05) is 6.54 Å². The van der Waals surface area contributed by atoms with Crippen LogP contribution in [-0.2, 0) is 20.1 Å². The Bertz CT molecular complexity index is 918. The van der Waals surface area contributed by atoms with Gasteiger partial charge < -0.3 is 19.6 Å². The van der Waals surface area contributed by atoms with Crippen LogP contribution in [0.4, 0.5) is 0 Å². The first-order valence-electron chi connectivity index (χ1n) is 8.65. The fraction of sp³-hybridized carbons (Fsp3) is 0.263. The van der Waals surface area contributed by atoms with Gasteiger partial charge >= 0.3 is 0 Å². The summed E-state index contributed by atoms with van der Waals surface area (Å²) >= 11 is 0. The summed E-state index contributed by atoms with van der Waals surface area (Å²) in [5.74, 6) is 2.91. The molecule has 0 aliphatic heterocycles. The molecular weight excluding hydrogens is 469 g/mol. The highest BCUT2D eigenvalue weighted by molar-refractivity contribution is 14.0. The molecule has 2 heterocycles. The number of benzene rings is 1. The quantitative estimate of drug-likeness (QED) is 0.228. The van der Waals surface area contributed by atoms with E-state index in [4.69, 9.17) is 4.42 Å². The molecule has 28 heavy (non-hydrogen) atoms. The fourth-order valence-electron chi connectivity index (χ4n) is 2.36. The third-order valence-electron chi connectivity index (χ3n) is 3.98. The van der Waals surface area contributed by atoms with Crippen LogP contribution in [0, 0.1) is 6.92 Å². The van der Waals surface area contributed by atoms with Gasteiger partial charge in [0.1, 0.15) is 17.8 Å². The van der Waals surface area contributed by atoms with Crippen molar-refractivity contribution in [3.63, 3.8) is 0 Å². The predicted octanol–water partition coefficient (Wildman–Crippen LogP) is 2.82. The fourth-order valence-corrected chi connectivity index (χ4v) is 2.36. The Morgan fingerprint density at radius 3 is 2.71 bits per heavy atom. The lowest BCUT2D eigenvalue weighted by atomic mass is 10.2. The molecule has 0 saturated carbocycles. The number of aliphatic imine (C=N–C) groups is 1. The third-order valence-corrected chi connectivity index (χ3v) is 3.98. The third kappa shape index (κ3) is 5.65. The van der Waals surface area contributed by atoms with Crippen LogP contribution in [0.2, 0.25) is 0 Å². The van der Waals surface area contributed by atoms with Crippen molar-refractivity contribution in [2.24, 2.45) is 12.0 Å². The molecule has 2 aromatic heterocycles. The largest absolute Gasteiger partial charge is 0.444 e. The van der Waals surface area contributed by atoms with Crippen molar-refractivity contribution < 1.29 is 4.42 Å². The maximum atomic E-state index is 5.55. The molecule has 3 rings (SSSR count). The lowest BCUT2D eigenvalue weighted by molar-refractivity contribution is 0.572. The topological polar surface area (TPSA) is 93.2 Å². The average Bonchev–Trinajstić information content (AvgIpc) is 3.30. The maximum Gasteiger partial charge on any atom is 0.226 e. The maximum absolute atomic E-state index is 5.55. The Balaban J connectivity index is 0.00000280. The number of guanidine groups is 1. The van der Waals surface area contributed by atoms with Gasteiger partial charge in [-0.05, 0) is 19.1 Å². The Labute approximate surface area is 181 Å². The van der Waals surface area contributed by atoms with Gasteiger partial charge in [-0.3, -0.25) is 0 Å². The highest BCUT2D eigenvalue weighted by Gasteiger charge is 2.08. The molecule has 0 fully saturated rings. The molecule has 0 bridgehead atoms. The lowest BCUT2D eigenvalue weighted by Gasteiger charge is -2.10. The number of aryl methyl sites for hydroxylation is 1. The normalized spacial score (nSPS) is 11.0. The molecule has 9 heteroatoms. The molecule has 0 radical (unpaired) electrons. The van der Waals surface area contributed by atoms with Crippen molar-refractivity contribution >= 4 is 29.9 Å². The summed E-state index contributed by atoms with van der Waals surface area (Å²) in [6.07, 6.45) is 3.40. The molecule has 0 aliphatic rings. The SMILES string of the molecule is C=CCNC(=NCc1coc(-c2ccccc2)n1)NCc1nnc(C)n1C.I. The minimum absolute atomic E-state index is 0. The molecule has 3 aromatic rings. The number of rotatable bonds is 7. The summed E-state index contributed by atoms with van der Waals surface area (Å²) in [5, 5.41) is 14.6. The van der Waals surface area contributed by atoms with E-state index in [1.165, 1.54) is 0 Å². The van der Waals surface area contributed by atoms with E-state index in [0.29, 0.717) is 31.5 Å². The number of nitrogens with zero attached hydrogens (tertiary/aromatic N) is 5. The van der Waals surface area contributed by atoms with E-state index in [9.17, 15) is 0 Å². The molecule has 0 atom stereocenters. The van der Waals surface area contributed by atoms with Crippen LogP contribution in [0.5, 0.6) is 0 Å². The van der Waals surface area contributed by atoms with Crippen LogP contribution in [-0.4, -0.2) is 32.3 Å². The molecule has 0 saturated heterocycles. The first-order valence-corrected chi connectivity index (χ1v) is 8.65. The second kappa shape index (κ2) is 10.6. The van der Waals surface area contributed by atoms with Gasteiger partial charge in [0, 0.05) is 19.2 Å². The van der Waals surface area contributed by atoms with E-state index < -0.39 is 0 Å².